The maximum Gasteiger partial charge on any atom is 0.293 e. The predicted octanol–water partition coefficient (Wildman–Crippen LogP) is 2.57. The number of halogens is 1. The van der Waals surface area contributed by atoms with Crippen molar-refractivity contribution < 1.29 is 13.6 Å². The number of aromatic nitrogens is 3. The Hall–Kier alpha value is -3.00. The highest BCUT2D eigenvalue weighted by molar-refractivity contribution is 6.01. The van der Waals surface area contributed by atoms with E-state index in [2.05, 4.69) is 20.4 Å². The second-order valence-corrected chi connectivity index (χ2v) is 7.56. The van der Waals surface area contributed by atoms with Crippen LogP contribution in [0.15, 0.2) is 47.3 Å². The van der Waals surface area contributed by atoms with Crippen LogP contribution in [0.25, 0.3) is 0 Å². The number of carbonyl (C=O) groups excluding carboxylic acids is 1. The molecule has 144 valence electrons. The van der Waals surface area contributed by atoms with Crippen LogP contribution in [0.3, 0.4) is 0 Å². The van der Waals surface area contributed by atoms with Gasteiger partial charge < -0.3 is 14.3 Å². The van der Waals surface area contributed by atoms with Gasteiger partial charge in [-0.1, -0.05) is 6.07 Å². The molecule has 1 N–H and O–H groups in total. The van der Waals surface area contributed by atoms with E-state index in [-0.39, 0.29) is 11.7 Å². The highest BCUT2D eigenvalue weighted by atomic mass is 19.1. The van der Waals surface area contributed by atoms with Gasteiger partial charge in [0.25, 0.3) is 5.91 Å². The first-order chi connectivity index (χ1) is 13.7. The molecule has 7 nitrogen and oxygen atoms in total. The van der Waals surface area contributed by atoms with Crippen LogP contribution in [0.5, 0.6) is 0 Å². The Bertz CT molecular complexity index is 1000. The number of anilines is 1. The molecular formula is C20H20FN5O2. The number of furan rings is 1. The largest absolute Gasteiger partial charge is 0.472 e. The van der Waals surface area contributed by atoms with Crippen molar-refractivity contribution in [2.24, 2.45) is 11.8 Å². The van der Waals surface area contributed by atoms with Crippen LogP contribution in [0.4, 0.5) is 10.1 Å². The van der Waals surface area contributed by atoms with E-state index in [0.29, 0.717) is 17.5 Å². The van der Waals surface area contributed by atoms with E-state index in [1.165, 1.54) is 17.7 Å². The van der Waals surface area contributed by atoms with E-state index in [1.54, 1.807) is 24.7 Å². The molecule has 1 aromatic carbocycles. The zero-order chi connectivity index (χ0) is 19.1. The SMILES string of the molecule is O=C(Nc1cccc(F)c1)c1nnc2n1CC1CN(Cc3ccoc3)CC1C2. The fourth-order valence-corrected chi connectivity index (χ4v) is 4.31. The van der Waals surface area contributed by atoms with Crippen molar-refractivity contribution in [2.45, 2.75) is 19.5 Å². The molecule has 0 radical (unpaired) electrons. The molecule has 2 aliphatic rings. The smallest absolute Gasteiger partial charge is 0.293 e. The zero-order valence-corrected chi connectivity index (χ0v) is 15.2. The molecule has 2 atom stereocenters. The van der Waals surface area contributed by atoms with Crippen molar-refractivity contribution in [2.75, 3.05) is 18.4 Å². The van der Waals surface area contributed by atoms with Gasteiger partial charge in [-0.15, -0.1) is 10.2 Å². The third-order valence-corrected chi connectivity index (χ3v) is 5.61. The minimum atomic E-state index is -0.396. The van der Waals surface area contributed by atoms with Crippen molar-refractivity contribution in [3.05, 3.63) is 65.9 Å². The quantitative estimate of drug-likeness (QED) is 0.752. The lowest BCUT2D eigenvalue weighted by atomic mass is 9.89. The highest BCUT2D eigenvalue weighted by Gasteiger charge is 2.39. The summed E-state index contributed by atoms with van der Waals surface area (Å²) in [5, 5.41) is 11.1. The Balaban J connectivity index is 1.29. The molecule has 2 aromatic heterocycles. The summed E-state index contributed by atoms with van der Waals surface area (Å²) in [5.41, 5.74) is 1.58. The Kier molecular flexibility index (Phi) is 4.20. The van der Waals surface area contributed by atoms with Crippen LogP contribution in [0.1, 0.15) is 22.0 Å². The van der Waals surface area contributed by atoms with Crippen molar-refractivity contribution in [3.63, 3.8) is 0 Å². The van der Waals surface area contributed by atoms with Gasteiger partial charge in [0.1, 0.15) is 11.6 Å². The van der Waals surface area contributed by atoms with Gasteiger partial charge in [0.15, 0.2) is 0 Å². The maximum atomic E-state index is 13.4. The van der Waals surface area contributed by atoms with Gasteiger partial charge in [0, 0.05) is 43.9 Å². The average Bonchev–Trinajstić information content (AvgIpc) is 3.39. The van der Waals surface area contributed by atoms with Crippen LogP contribution in [0.2, 0.25) is 0 Å². The maximum absolute atomic E-state index is 13.4. The topological polar surface area (TPSA) is 76.2 Å². The van der Waals surface area contributed by atoms with E-state index in [1.807, 2.05) is 10.6 Å². The molecule has 8 heteroatoms. The van der Waals surface area contributed by atoms with Gasteiger partial charge in [-0.05, 0) is 36.1 Å². The van der Waals surface area contributed by atoms with Crippen LogP contribution < -0.4 is 5.32 Å². The summed E-state index contributed by atoms with van der Waals surface area (Å²) in [6, 6.07) is 7.82. The molecule has 1 saturated heterocycles. The van der Waals surface area contributed by atoms with E-state index in [9.17, 15) is 9.18 Å². The lowest BCUT2D eigenvalue weighted by Crippen LogP contribution is -2.31. The second-order valence-electron chi connectivity index (χ2n) is 7.56. The molecule has 0 saturated carbocycles. The van der Waals surface area contributed by atoms with Crippen LogP contribution >= 0.6 is 0 Å². The van der Waals surface area contributed by atoms with Gasteiger partial charge in [0.2, 0.25) is 5.82 Å². The first kappa shape index (κ1) is 17.1. The zero-order valence-electron chi connectivity index (χ0n) is 15.2. The summed E-state index contributed by atoms with van der Waals surface area (Å²) in [7, 11) is 0. The van der Waals surface area contributed by atoms with Crippen molar-refractivity contribution >= 4 is 11.6 Å². The molecule has 1 fully saturated rings. The lowest BCUT2D eigenvalue weighted by molar-refractivity contribution is 0.100. The van der Waals surface area contributed by atoms with E-state index < -0.39 is 5.82 Å². The summed E-state index contributed by atoms with van der Waals surface area (Å²) in [5.74, 6) is 1.34. The van der Waals surface area contributed by atoms with E-state index in [4.69, 9.17) is 4.42 Å². The standard InChI is InChI=1S/C20H20FN5O2/c21-16-2-1-3-17(7-16)22-20(27)19-24-23-18-6-14-9-25(8-13-4-5-28-12-13)10-15(14)11-26(18)19/h1-5,7,12,14-15H,6,8-11H2,(H,22,27). The molecule has 0 aliphatic carbocycles. The van der Waals surface area contributed by atoms with Gasteiger partial charge >= 0.3 is 0 Å². The van der Waals surface area contributed by atoms with Gasteiger partial charge in [-0.25, -0.2) is 4.39 Å². The van der Waals surface area contributed by atoms with E-state index in [0.717, 1.165) is 38.4 Å². The number of carbonyl (C=O) groups is 1. The summed E-state index contributed by atoms with van der Waals surface area (Å²) in [6.07, 6.45) is 4.29. The van der Waals surface area contributed by atoms with Crippen molar-refractivity contribution in [1.29, 1.82) is 0 Å². The van der Waals surface area contributed by atoms with Gasteiger partial charge in [-0.2, -0.15) is 0 Å². The molecule has 0 spiro atoms. The molecular weight excluding hydrogens is 361 g/mol. The fraction of sp³-hybridized carbons (Fsp3) is 0.350. The third-order valence-electron chi connectivity index (χ3n) is 5.61. The second kappa shape index (κ2) is 6.87. The molecule has 0 bridgehead atoms. The monoisotopic (exact) mass is 381 g/mol. The van der Waals surface area contributed by atoms with Gasteiger partial charge in [-0.3, -0.25) is 9.69 Å². The molecule has 1 amide bonds. The Morgan fingerprint density at radius 2 is 2.11 bits per heavy atom. The van der Waals surface area contributed by atoms with Crippen molar-refractivity contribution in [1.82, 2.24) is 19.7 Å². The number of fused-ring (bicyclic) bond motifs is 2. The molecule has 2 unspecified atom stereocenters. The number of likely N-dealkylation sites (tertiary alicyclic amines) is 1. The summed E-state index contributed by atoms with van der Waals surface area (Å²) < 4.78 is 20.4. The Morgan fingerprint density at radius 3 is 2.93 bits per heavy atom. The minimum absolute atomic E-state index is 0.283. The number of nitrogens with zero attached hydrogens (tertiary/aromatic N) is 4. The number of hydrogen-bond donors (Lipinski definition) is 1. The normalized spacial score (nSPS) is 21.3. The average molecular weight is 381 g/mol. The number of hydrogen-bond acceptors (Lipinski definition) is 5. The van der Waals surface area contributed by atoms with E-state index >= 15 is 0 Å². The van der Waals surface area contributed by atoms with Crippen molar-refractivity contribution in [3.8, 4) is 0 Å². The van der Waals surface area contributed by atoms with Crippen LogP contribution in [0, 0.1) is 17.7 Å². The number of nitrogens with one attached hydrogen (secondary N) is 1. The molecule has 28 heavy (non-hydrogen) atoms. The molecule has 5 rings (SSSR count). The highest BCUT2D eigenvalue weighted by Crippen LogP contribution is 2.33. The predicted molar refractivity (Wildman–Crippen MR) is 99.0 cm³/mol. The third kappa shape index (κ3) is 3.20. The number of benzene rings is 1. The fourth-order valence-electron chi connectivity index (χ4n) is 4.31. The summed E-state index contributed by atoms with van der Waals surface area (Å²) >= 11 is 0. The molecule has 2 aliphatic heterocycles. The number of rotatable bonds is 4. The van der Waals surface area contributed by atoms with Gasteiger partial charge in [0.05, 0.1) is 12.5 Å². The molecule has 4 heterocycles. The first-order valence-corrected chi connectivity index (χ1v) is 9.38. The van der Waals surface area contributed by atoms with Crippen LogP contribution in [-0.2, 0) is 19.5 Å². The van der Waals surface area contributed by atoms with Crippen LogP contribution in [-0.4, -0.2) is 38.7 Å². The first-order valence-electron chi connectivity index (χ1n) is 9.38. The Labute approximate surface area is 161 Å². The lowest BCUT2D eigenvalue weighted by Gasteiger charge is -2.25. The minimum Gasteiger partial charge on any atom is -0.472 e. The summed E-state index contributed by atoms with van der Waals surface area (Å²) in [6.45, 7) is 3.57. The number of amides is 1. The Morgan fingerprint density at radius 1 is 1.21 bits per heavy atom. The summed E-state index contributed by atoms with van der Waals surface area (Å²) in [4.78, 5) is 15.1. The molecule has 3 aromatic rings.